The number of nitrogens with zero attached hydrogens (tertiary/aromatic N) is 2. The Bertz CT molecular complexity index is 719. The molecule has 0 N–H and O–H groups in total. The van der Waals surface area contributed by atoms with Gasteiger partial charge in [-0.2, -0.15) is 5.10 Å². The standard InChI is InChI=1S/C20H26N2O2/c1-13(2)16-11-10-14(3)18-19(16)21-22(12-17(23)24-4)20(18)15-8-6-5-7-9-15/h5-9,13-14,16H,10-12H2,1-4H3/t14-,16+/m1/s1. The predicted octanol–water partition coefficient (Wildman–Crippen LogP) is 4.36. The summed E-state index contributed by atoms with van der Waals surface area (Å²) in [7, 11) is 1.42. The molecule has 1 aromatic carbocycles. The highest BCUT2D eigenvalue weighted by Gasteiger charge is 2.34. The molecule has 0 unspecified atom stereocenters. The summed E-state index contributed by atoms with van der Waals surface area (Å²) in [6, 6.07) is 10.3. The van der Waals surface area contributed by atoms with Crippen molar-refractivity contribution in [1.82, 2.24) is 9.78 Å². The Labute approximate surface area is 143 Å². The Kier molecular flexibility index (Phi) is 4.74. The number of carbonyl (C=O) groups is 1. The Balaban J connectivity index is 2.19. The van der Waals surface area contributed by atoms with E-state index < -0.39 is 0 Å². The largest absolute Gasteiger partial charge is 0.468 e. The molecule has 0 radical (unpaired) electrons. The number of ether oxygens (including phenoxy) is 1. The van der Waals surface area contributed by atoms with E-state index in [1.165, 1.54) is 24.8 Å². The molecule has 2 aromatic rings. The lowest BCUT2D eigenvalue weighted by Crippen LogP contribution is -2.17. The van der Waals surface area contributed by atoms with E-state index in [1.54, 1.807) is 0 Å². The maximum absolute atomic E-state index is 11.9. The lowest BCUT2D eigenvalue weighted by atomic mass is 9.75. The van der Waals surface area contributed by atoms with Crippen molar-refractivity contribution in [2.45, 2.75) is 52.0 Å². The van der Waals surface area contributed by atoms with Crippen molar-refractivity contribution < 1.29 is 9.53 Å². The first kappa shape index (κ1) is 16.7. The molecule has 0 spiro atoms. The molecule has 24 heavy (non-hydrogen) atoms. The number of carbonyl (C=O) groups excluding carboxylic acids is 1. The maximum atomic E-state index is 11.9. The molecule has 1 heterocycles. The number of fused-ring (bicyclic) bond motifs is 1. The van der Waals surface area contributed by atoms with Crippen LogP contribution in [0.5, 0.6) is 0 Å². The summed E-state index contributed by atoms with van der Waals surface area (Å²) in [6.45, 7) is 6.94. The lowest BCUT2D eigenvalue weighted by molar-refractivity contribution is -0.141. The van der Waals surface area contributed by atoms with Crippen molar-refractivity contribution in [3.8, 4) is 11.3 Å². The number of benzene rings is 1. The third-order valence-corrected chi connectivity index (χ3v) is 5.13. The second-order valence-electron chi connectivity index (χ2n) is 7.08. The van der Waals surface area contributed by atoms with E-state index in [2.05, 4.69) is 32.9 Å². The maximum Gasteiger partial charge on any atom is 0.327 e. The Morgan fingerprint density at radius 1 is 1.29 bits per heavy atom. The highest BCUT2D eigenvalue weighted by Crippen LogP contribution is 2.45. The summed E-state index contributed by atoms with van der Waals surface area (Å²) in [4.78, 5) is 11.9. The van der Waals surface area contributed by atoms with E-state index in [0.29, 0.717) is 17.8 Å². The molecule has 2 atom stereocenters. The van der Waals surface area contributed by atoms with Crippen LogP contribution in [0.25, 0.3) is 11.3 Å². The van der Waals surface area contributed by atoms with Gasteiger partial charge in [0, 0.05) is 17.0 Å². The Morgan fingerprint density at radius 3 is 2.62 bits per heavy atom. The molecule has 0 bridgehead atoms. The normalized spacial score (nSPS) is 20.0. The van der Waals surface area contributed by atoms with Gasteiger partial charge in [-0.15, -0.1) is 0 Å². The van der Waals surface area contributed by atoms with E-state index in [1.807, 2.05) is 22.9 Å². The minimum atomic E-state index is -0.263. The van der Waals surface area contributed by atoms with Crippen molar-refractivity contribution in [1.29, 1.82) is 0 Å². The second-order valence-corrected chi connectivity index (χ2v) is 7.08. The summed E-state index contributed by atoms with van der Waals surface area (Å²) in [6.07, 6.45) is 2.33. The summed E-state index contributed by atoms with van der Waals surface area (Å²) in [5, 5.41) is 4.88. The van der Waals surface area contributed by atoms with E-state index in [0.717, 1.165) is 17.7 Å². The molecule has 1 aromatic heterocycles. The van der Waals surface area contributed by atoms with Gasteiger partial charge < -0.3 is 4.74 Å². The van der Waals surface area contributed by atoms with Crippen LogP contribution < -0.4 is 0 Å². The fraction of sp³-hybridized carbons (Fsp3) is 0.500. The van der Waals surface area contributed by atoms with E-state index in [4.69, 9.17) is 9.84 Å². The summed E-state index contributed by atoms with van der Waals surface area (Å²) >= 11 is 0. The predicted molar refractivity (Wildman–Crippen MR) is 94.9 cm³/mol. The third-order valence-electron chi connectivity index (χ3n) is 5.13. The Hall–Kier alpha value is -2.10. The van der Waals surface area contributed by atoms with Gasteiger partial charge in [-0.25, -0.2) is 0 Å². The van der Waals surface area contributed by atoms with Gasteiger partial charge in [-0.05, 0) is 24.7 Å². The fourth-order valence-corrected chi connectivity index (χ4v) is 3.82. The molecule has 1 aliphatic rings. The van der Waals surface area contributed by atoms with Crippen LogP contribution in [0.4, 0.5) is 0 Å². The highest BCUT2D eigenvalue weighted by molar-refractivity contribution is 5.72. The van der Waals surface area contributed by atoms with Crippen LogP contribution >= 0.6 is 0 Å². The number of hydrogen-bond donors (Lipinski definition) is 0. The van der Waals surface area contributed by atoms with Crippen molar-refractivity contribution in [2.75, 3.05) is 7.11 Å². The van der Waals surface area contributed by atoms with Gasteiger partial charge >= 0.3 is 5.97 Å². The van der Waals surface area contributed by atoms with Crippen LogP contribution in [-0.2, 0) is 16.1 Å². The first-order valence-electron chi connectivity index (χ1n) is 8.75. The summed E-state index contributed by atoms with van der Waals surface area (Å²) < 4.78 is 6.73. The average molecular weight is 326 g/mol. The van der Waals surface area contributed by atoms with Crippen LogP contribution in [0.1, 0.15) is 56.7 Å². The van der Waals surface area contributed by atoms with Gasteiger partial charge in [0.25, 0.3) is 0 Å². The Morgan fingerprint density at radius 2 is 2.00 bits per heavy atom. The van der Waals surface area contributed by atoms with E-state index in [9.17, 15) is 4.79 Å². The minimum absolute atomic E-state index is 0.158. The SMILES string of the molecule is COC(=O)Cn1nc2c(c1-c1ccccc1)[C@H](C)CC[C@H]2C(C)C. The molecular weight excluding hydrogens is 300 g/mol. The van der Waals surface area contributed by atoms with Crippen LogP contribution in [0.3, 0.4) is 0 Å². The van der Waals surface area contributed by atoms with Crippen LogP contribution in [0, 0.1) is 5.92 Å². The van der Waals surface area contributed by atoms with Crippen LogP contribution in [0.2, 0.25) is 0 Å². The topological polar surface area (TPSA) is 44.1 Å². The zero-order valence-corrected chi connectivity index (χ0v) is 15.0. The minimum Gasteiger partial charge on any atom is -0.468 e. The summed E-state index contributed by atoms with van der Waals surface area (Å²) in [5.74, 6) is 1.19. The molecule has 0 aliphatic heterocycles. The quantitative estimate of drug-likeness (QED) is 0.784. The van der Waals surface area contributed by atoms with Crippen molar-refractivity contribution in [3.63, 3.8) is 0 Å². The second kappa shape index (κ2) is 6.80. The molecule has 0 saturated heterocycles. The molecule has 0 saturated carbocycles. The molecule has 0 fully saturated rings. The molecule has 1 aliphatic carbocycles. The van der Waals surface area contributed by atoms with Crippen molar-refractivity contribution in [3.05, 3.63) is 41.6 Å². The van der Waals surface area contributed by atoms with E-state index in [-0.39, 0.29) is 12.5 Å². The van der Waals surface area contributed by atoms with Crippen LogP contribution in [0.15, 0.2) is 30.3 Å². The number of aromatic nitrogens is 2. The first-order valence-corrected chi connectivity index (χ1v) is 8.75. The number of esters is 1. The van der Waals surface area contributed by atoms with Gasteiger partial charge in [-0.3, -0.25) is 9.48 Å². The molecular formula is C20H26N2O2. The molecule has 4 nitrogen and oxygen atoms in total. The molecule has 0 amide bonds. The zero-order valence-electron chi connectivity index (χ0n) is 15.0. The van der Waals surface area contributed by atoms with Gasteiger partial charge in [0.2, 0.25) is 0 Å². The van der Waals surface area contributed by atoms with Crippen LogP contribution in [-0.4, -0.2) is 22.9 Å². The van der Waals surface area contributed by atoms with Crippen molar-refractivity contribution >= 4 is 5.97 Å². The fourth-order valence-electron chi connectivity index (χ4n) is 3.82. The molecule has 4 heteroatoms. The highest BCUT2D eigenvalue weighted by atomic mass is 16.5. The molecule has 128 valence electrons. The van der Waals surface area contributed by atoms with Gasteiger partial charge in [0.05, 0.1) is 18.5 Å². The lowest BCUT2D eigenvalue weighted by Gasteiger charge is -2.29. The third kappa shape index (κ3) is 2.97. The van der Waals surface area contributed by atoms with Gasteiger partial charge in [0.1, 0.15) is 6.54 Å². The van der Waals surface area contributed by atoms with Gasteiger partial charge in [-0.1, -0.05) is 51.1 Å². The van der Waals surface area contributed by atoms with Gasteiger partial charge in [0.15, 0.2) is 0 Å². The zero-order chi connectivity index (χ0) is 17.3. The smallest absolute Gasteiger partial charge is 0.327 e. The van der Waals surface area contributed by atoms with Crippen molar-refractivity contribution in [2.24, 2.45) is 5.92 Å². The average Bonchev–Trinajstić information content (AvgIpc) is 2.95. The number of rotatable bonds is 4. The monoisotopic (exact) mass is 326 g/mol. The number of methoxy groups -OCH3 is 1. The first-order chi connectivity index (χ1) is 11.5. The van der Waals surface area contributed by atoms with E-state index >= 15 is 0 Å². The molecule has 3 rings (SSSR count). The summed E-state index contributed by atoms with van der Waals surface area (Å²) in [5.41, 5.74) is 4.68. The number of hydrogen-bond acceptors (Lipinski definition) is 3.